The van der Waals surface area contributed by atoms with Gasteiger partial charge in [0, 0.05) is 6.04 Å². The molecule has 4 nitrogen and oxygen atoms in total. The zero-order valence-corrected chi connectivity index (χ0v) is 11.2. The van der Waals surface area contributed by atoms with E-state index in [2.05, 4.69) is 33.5 Å². The van der Waals surface area contributed by atoms with Crippen LogP contribution in [-0.2, 0) is 6.42 Å². The number of nitrogens with two attached hydrogens (primary N) is 1. The molecule has 1 aromatic carbocycles. The lowest BCUT2D eigenvalue weighted by Gasteiger charge is -2.07. The van der Waals surface area contributed by atoms with Gasteiger partial charge in [-0.1, -0.05) is 6.07 Å². The van der Waals surface area contributed by atoms with Crippen LogP contribution >= 0.6 is 0 Å². The van der Waals surface area contributed by atoms with Gasteiger partial charge in [-0.05, 0) is 57.5 Å². The van der Waals surface area contributed by atoms with Crippen molar-refractivity contribution in [2.45, 2.75) is 32.7 Å². The zero-order valence-electron chi connectivity index (χ0n) is 11.2. The molecule has 0 fully saturated rings. The first-order valence-corrected chi connectivity index (χ1v) is 6.56. The number of imidazole rings is 1. The quantitative estimate of drug-likeness (QED) is 0.680. The maximum Gasteiger partial charge on any atom is 0.104 e. The standard InChI is InChI=1S/C14H22N4/c1-10(15)5-7-16-8-6-12-3-4-13-14(9-12)18-11(2)17-13/h3-4,9-10,16H,5-8,15H2,1-2H3,(H,17,18). The largest absolute Gasteiger partial charge is 0.342 e. The van der Waals surface area contributed by atoms with Crippen molar-refractivity contribution in [2.75, 3.05) is 13.1 Å². The molecule has 0 aliphatic carbocycles. The van der Waals surface area contributed by atoms with Crippen molar-refractivity contribution in [3.63, 3.8) is 0 Å². The summed E-state index contributed by atoms with van der Waals surface area (Å²) in [7, 11) is 0. The SMILES string of the molecule is Cc1nc2ccc(CCNCCC(C)N)cc2[nH]1. The first kappa shape index (κ1) is 13.1. The first-order valence-electron chi connectivity index (χ1n) is 6.56. The Kier molecular flexibility index (Phi) is 4.33. The van der Waals surface area contributed by atoms with Gasteiger partial charge in [-0.25, -0.2) is 4.98 Å². The molecule has 0 radical (unpaired) electrons. The summed E-state index contributed by atoms with van der Waals surface area (Å²) in [6, 6.07) is 6.69. The van der Waals surface area contributed by atoms with Crippen LogP contribution in [-0.4, -0.2) is 29.1 Å². The van der Waals surface area contributed by atoms with E-state index in [0.29, 0.717) is 0 Å². The summed E-state index contributed by atoms with van der Waals surface area (Å²) in [5.74, 6) is 0.970. The third kappa shape index (κ3) is 3.55. The lowest BCUT2D eigenvalue weighted by atomic mass is 10.1. The highest BCUT2D eigenvalue weighted by atomic mass is 14.9. The maximum atomic E-state index is 5.70. The topological polar surface area (TPSA) is 66.7 Å². The molecule has 1 aromatic heterocycles. The Hall–Kier alpha value is -1.39. The minimum Gasteiger partial charge on any atom is -0.342 e. The van der Waals surface area contributed by atoms with Crippen LogP contribution in [0.15, 0.2) is 18.2 Å². The number of aryl methyl sites for hydroxylation is 1. The Balaban J connectivity index is 1.84. The van der Waals surface area contributed by atoms with Gasteiger partial charge in [0.05, 0.1) is 11.0 Å². The van der Waals surface area contributed by atoms with E-state index in [9.17, 15) is 0 Å². The summed E-state index contributed by atoms with van der Waals surface area (Å²) < 4.78 is 0. The fourth-order valence-corrected chi connectivity index (χ4v) is 2.03. The summed E-state index contributed by atoms with van der Waals surface area (Å²) >= 11 is 0. The van der Waals surface area contributed by atoms with Crippen LogP contribution < -0.4 is 11.1 Å². The number of aromatic amines is 1. The molecular weight excluding hydrogens is 224 g/mol. The van der Waals surface area contributed by atoms with Gasteiger partial charge in [-0.2, -0.15) is 0 Å². The second kappa shape index (κ2) is 5.98. The normalized spacial score (nSPS) is 13.1. The highest BCUT2D eigenvalue weighted by Gasteiger charge is 2.01. The number of nitrogens with one attached hydrogen (secondary N) is 2. The smallest absolute Gasteiger partial charge is 0.104 e. The molecule has 2 rings (SSSR count). The molecule has 0 bridgehead atoms. The van der Waals surface area contributed by atoms with Gasteiger partial charge < -0.3 is 16.0 Å². The summed E-state index contributed by atoms with van der Waals surface area (Å²) in [6.45, 7) is 6.00. The number of fused-ring (bicyclic) bond motifs is 1. The van der Waals surface area contributed by atoms with E-state index < -0.39 is 0 Å². The summed E-state index contributed by atoms with van der Waals surface area (Å²) in [5.41, 5.74) is 9.20. The average molecular weight is 246 g/mol. The van der Waals surface area contributed by atoms with Gasteiger partial charge in [0.1, 0.15) is 5.82 Å². The van der Waals surface area contributed by atoms with Crippen LogP contribution in [0.2, 0.25) is 0 Å². The highest BCUT2D eigenvalue weighted by molar-refractivity contribution is 5.75. The number of hydrogen-bond acceptors (Lipinski definition) is 3. The van der Waals surface area contributed by atoms with Crippen molar-refractivity contribution < 1.29 is 0 Å². The van der Waals surface area contributed by atoms with Gasteiger partial charge in [0.2, 0.25) is 0 Å². The number of benzene rings is 1. The van der Waals surface area contributed by atoms with E-state index >= 15 is 0 Å². The molecule has 98 valence electrons. The molecular formula is C14H22N4. The van der Waals surface area contributed by atoms with Crippen molar-refractivity contribution in [1.82, 2.24) is 15.3 Å². The molecule has 4 heteroatoms. The van der Waals surface area contributed by atoms with E-state index in [0.717, 1.165) is 42.8 Å². The fraction of sp³-hybridized carbons (Fsp3) is 0.500. The van der Waals surface area contributed by atoms with Crippen molar-refractivity contribution in [3.05, 3.63) is 29.6 Å². The number of hydrogen-bond donors (Lipinski definition) is 3. The minimum atomic E-state index is 0.279. The summed E-state index contributed by atoms with van der Waals surface area (Å²) in [6.07, 6.45) is 2.06. The summed E-state index contributed by atoms with van der Waals surface area (Å²) in [5, 5.41) is 3.41. The van der Waals surface area contributed by atoms with Crippen LogP contribution in [0.1, 0.15) is 24.7 Å². The van der Waals surface area contributed by atoms with Crippen LogP contribution in [0, 0.1) is 6.92 Å². The lowest BCUT2D eigenvalue weighted by molar-refractivity contribution is 0.590. The van der Waals surface area contributed by atoms with E-state index in [1.54, 1.807) is 0 Å². The first-order chi connectivity index (χ1) is 8.65. The van der Waals surface area contributed by atoms with Crippen molar-refractivity contribution in [3.8, 4) is 0 Å². The van der Waals surface area contributed by atoms with Gasteiger partial charge in [-0.15, -0.1) is 0 Å². The van der Waals surface area contributed by atoms with Crippen LogP contribution in [0.5, 0.6) is 0 Å². The Morgan fingerprint density at radius 3 is 3.00 bits per heavy atom. The molecule has 0 spiro atoms. The summed E-state index contributed by atoms with van der Waals surface area (Å²) in [4.78, 5) is 7.67. The Morgan fingerprint density at radius 2 is 2.22 bits per heavy atom. The second-order valence-corrected chi connectivity index (χ2v) is 4.94. The molecule has 1 atom stereocenters. The van der Waals surface area contributed by atoms with Gasteiger partial charge in [-0.3, -0.25) is 0 Å². The molecule has 0 aliphatic rings. The molecule has 1 heterocycles. The second-order valence-electron chi connectivity index (χ2n) is 4.94. The molecule has 2 aromatic rings. The van der Waals surface area contributed by atoms with Crippen molar-refractivity contribution in [2.24, 2.45) is 5.73 Å². The van der Waals surface area contributed by atoms with Gasteiger partial charge >= 0.3 is 0 Å². The number of H-pyrrole nitrogens is 1. The number of aromatic nitrogens is 2. The predicted octanol–water partition coefficient (Wildman–Crippen LogP) is 1.74. The van der Waals surface area contributed by atoms with E-state index in [4.69, 9.17) is 5.73 Å². The third-order valence-corrected chi connectivity index (χ3v) is 3.03. The van der Waals surface area contributed by atoms with Gasteiger partial charge in [0.25, 0.3) is 0 Å². The third-order valence-electron chi connectivity index (χ3n) is 3.03. The monoisotopic (exact) mass is 246 g/mol. The van der Waals surface area contributed by atoms with E-state index in [-0.39, 0.29) is 6.04 Å². The maximum absolute atomic E-state index is 5.70. The minimum absolute atomic E-state index is 0.279. The Labute approximate surface area is 108 Å². The molecule has 0 saturated heterocycles. The number of rotatable bonds is 6. The predicted molar refractivity (Wildman–Crippen MR) is 75.7 cm³/mol. The molecule has 1 unspecified atom stereocenters. The van der Waals surface area contributed by atoms with Crippen molar-refractivity contribution >= 4 is 11.0 Å². The zero-order chi connectivity index (χ0) is 13.0. The van der Waals surface area contributed by atoms with Crippen molar-refractivity contribution in [1.29, 1.82) is 0 Å². The Bertz CT molecular complexity index is 501. The number of nitrogens with zero attached hydrogens (tertiary/aromatic N) is 1. The van der Waals surface area contributed by atoms with Crippen LogP contribution in [0.4, 0.5) is 0 Å². The average Bonchev–Trinajstić information content (AvgIpc) is 2.67. The van der Waals surface area contributed by atoms with Gasteiger partial charge in [0.15, 0.2) is 0 Å². The molecule has 4 N–H and O–H groups in total. The lowest BCUT2D eigenvalue weighted by Crippen LogP contribution is -2.25. The molecule has 0 saturated carbocycles. The Morgan fingerprint density at radius 1 is 1.39 bits per heavy atom. The van der Waals surface area contributed by atoms with E-state index in [1.807, 2.05) is 13.8 Å². The van der Waals surface area contributed by atoms with E-state index in [1.165, 1.54) is 5.56 Å². The highest BCUT2D eigenvalue weighted by Crippen LogP contribution is 2.13. The molecule has 18 heavy (non-hydrogen) atoms. The van der Waals surface area contributed by atoms with Crippen LogP contribution in [0.25, 0.3) is 11.0 Å². The van der Waals surface area contributed by atoms with Crippen LogP contribution in [0.3, 0.4) is 0 Å². The fourth-order valence-electron chi connectivity index (χ4n) is 2.03. The molecule has 0 amide bonds. The molecule has 0 aliphatic heterocycles.